The number of nitrogens with zero attached hydrogens (tertiary/aromatic N) is 3. The Hall–Kier alpha value is -1.12. The molecule has 1 heterocycles. The first kappa shape index (κ1) is 19.2. The van der Waals surface area contributed by atoms with Crippen LogP contribution < -0.4 is 0 Å². The van der Waals surface area contributed by atoms with Crippen LogP contribution >= 0.6 is 11.6 Å². The summed E-state index contributed by atoms with van der Waals surface area (Å²) in [5.41, 5.74) is 0.289. The van der Waals surface area contributed by atoms with Crippen LogP contribution in [0.5, 0.6) is 0 Å². The number of amides is 1. The van der Waals surface area contributed by atoms with Crippen molar-refractivity contribution < 1.29 is 17.9 Å². The van der Waals surface area contributed by atoms with E-state index < -0.39 is 10.0 Å². The Balaban J connectivity index is 2.28. The van der Waals surface area contributed by atoms with Gasteiger partial charge in [0.15, 0.2) is 0 Å². The fraction of sp³-hybridized carbons (Fsp3) is 0.733. The molecular formula is C15H24ClN3O4S. The van der Waals surface area contributed by atoms with Crippen LogP contribution in [0.3, 0.4) is 0 Å². The average molecular weight is 378 g/mol. The van der Waals surface area contributed by atoms with Crippen molar-refractivity contribution in [1.29, 1.82) is 0 Å². The second-order valence-electron chi connectivity index (χ2n) is 6.05. The number of aromatic nitrogens is 2. The zero-order chi connectivity index (χ0) is 18.1. The predicted molar refractivity (Wildman–Crippen MR) is 90.3 cm³/mol. The van der Waals surface area contributed by atoms with E-state index in [9.17, 15) is 13.2 Å². The number of carbonyl (C=O) groups excluding carboxylic acids is 1. The highest BCUT2D eigenvalue weighted by Crippen LogP contribution is 2.32. The summed E-state index contributed by atoms with van der Waals surface area (Å²) in [6.45, 7) is 3.28. The summed E-state index contributed by atoms with van der Waals surface area (Å²) < 4.78 is 33.5. The third-order valence-electron chi connectivity index (χ3n) is 4.54. The van der Waals surface area contributed by atoms with Crippen molar-refractivity contribution in [3.63, 3.8) is 0 Å². The Morgan fingerprint density at radius 1 is 1.38 bits per heavy atom. The smallest absolute Gasteiger partial charge is 0.271 e. The predicted octanol–water partition coefficient (Wildman–Crippen LogP) is 2.12. The van der Waals surface area contributed by atoms with Crippen molar-refractivity contribution in [3.8, 4) is 0 Å². The van der Waals surface area contributed by atoms with E-state index in [1.807, 2.05) is 0 Å². The van der Waals surface area contributed by atoms with Gasteiger partial charge in [0.2, 0.25) is 5.91 Å². The number of ether oxygens (including phenoxy) is 1. The molecule has 0 aliphatic heterocycles. The molecule has 1 amide bonds. The number of hydrogen-bond donors (Lipinski definition) is 0. The molecule has 0 N–H and O–H groups in total. The summed E-state index contributed by atoms with van der Waals surface area (Å²) in [5.74, 6) is -0.673. The lowest BCUT2D eigenvalue weighted by molar-refractivity contribution is -0.132. The summed E-state index contributed by atoms with van der Waals surface area (Å²) >= 11 is 6.09. The fourth-order valence-corrected chi connectivity index (χ4v) is 5.38. The lowest BCUT2D eigenvalue weighted by Crippen LogP contribution is -2.42. The first-order valence-electron chi connectivity index (χ1n) is 8.02. The van der Waals surface area contributed by atoms with Crippen LogP contribution in [0.2, 0.25) is 5.15 Å². The van der Waals surface area contributed by atoms with E-state index in [4.69, 9.17) is 16.3 Å². The average Bonchev–Trinajstić information content (AvgIpc) is 2.80. The highest BCUT2D eigenvalue weighted by Gasteiger charge is 2.38. The van der Waals surface area contributed by atoms with Gasteiger partial charge in [-0.05, 0) is 39.5 Å². The van der Waals surface area contributed by atoms with Gasteiger partial charge in [-0.25, -0.2) is 12.7 Å². The van der Waals surface area contributed by atoms with Crippen molar-refractivity contribution in [2.75, 3.05) is 13.7 Å². The largest absolute Gasteiger partial charge is 0.381 e. The van der Waals surface area contributed by atoms with Crippen molar-refractivity contribution >= 4 is 27.5 Å². The molecule has 0 atom stereocenters. The van der Waals surface area contributed by atoms with Crippen molar-refractivity contribution in [1.82, 2.24) is 14.1 Å². The molecule has 7 nitrogen and oxygen atoms in total. The fourth-order valence-electron chi connectivity index (χ4n) is 3.21. The van der Waals surface area contributed by atoms with Gasteiger partial charge in [-0.2, -0.15) is 5.10 Å². The van der Waals surface area contributed by atoms with Crippen molar-refractivity contribution in [2.24, 2.45) is 13.0 Å². The number of carbonyl (C=O) groups is 1. The minimum atomic E-state index is -4.02. The molecule has 136 valence electrons. The molecule has 1 aromatic rings. The van der Waals surface area contributed by atoms with Gasteiger partial charge >= 0.3 is 0 Å². The van der Waals surface area contributed by atoms with Gasteiger partial charge in [0.05, 0.1) is 11.8 Å². The maximum Gasteiger partial charge on any atom is 0.271 e. The quantitative estimate of drug-likeness (QED) is 0.785. The van der Waals surface area contributed by atoms with E-state index >= 15 is 0 Å². The van der Waals surface area contributed by atoms with E-state index in [0.717, 1.165) is 17.1 Å². The van der Waals surface area contributed by atoms with Gasteiger partial charge in [-0.15, -0.1) is 0 Å². The molecule has 0 spiro atoms. The SMILES string of the molecule is CCN(C(=O)C1CCC(OC)CC1)S(=O)(=O)c1c(C)nn(C)c1Cl. The molecule has 1 aliphatic rings. The second kappa shape index (κ2) is 7.41. The first-order chi connectivity index (χ1) is 11.2. The molecule has 24 heavy (non-hydrogen) atoms. The Morgan fingerprint density at radius 3 is 2.38 bits per heavy atom. The van der Waals surface area contributed by atoms with E-state index in [0.29, 0.717) is 12.8 Å². The molecule has 1 saturated carbocycles. The van der Waals surface area contributed by atoms with E-state index in [1.165, 1.54) is 4.68 Å². The highest BCUT2D eigenvalue weighted by atomic mass is 35.5. The summed E-state index contributed by atoms with van der Waals surface area (Å²) in [6, 6.07) is 0. The Bertz CT molecular complexity index is 709. The molecule has 0 aromatic carbocycles. The third-order valence-corrected chi connectivity index (χ3v) is 7.11. The van der Waals surface area contributed by atoms with Crippen LogP contribution in [0.15, 0.2) is 4.90 Å². The summed E-state index contributed by atoms with van der Waals surface area (Å²) in [4.78, 5) is 12.7. The first-order valence-corrected chi connectivity index (χ1v) is 9.84. The zero-order valence-electron chi connectivity index (χ0n) is 14.5. The van der Waals surface area contributed by atoms with Crippen LogP contribution in [-0.2, 0) is 26.6 Å². The molecule has 0 radical (unpaired) electrons. The Labute approximate surface area is 148 Å². The van der Waals surface area contributed by atoms with Crippen molar-refractivity contribution in [2.45, 2.75) is 50.5 Å². The van der Waals surface area contributed by atoms with E-state index in [2.05, 4.69) is 5.10 Å². The number of methoxy groups -OCH3 is 1. The maximum atomic E-state index is 13.0. The molecule has 0 saturated heterocycles. The summed E-state index contributed by atoms with van der Waals surface area (Å²) in [5, 5.41) is 4.05. The van der Waals surface area contributed by atoms with Gasteiger partial charge in [0, 0.05) is 26.6 Å². The highest BCUT2D eigenvalue weighted by molar-refractivity contribution is 7.89. The molecule has 0 bridgehead atoms. The molecular weight excluding hydrogens is 354 g/mol. The molecule has 9 heteroatoms. The van der Waals surface area contributed by atoms with Gasteiger partial charge in [-0.1, -0.05) is 11.6 Å². The molecule has 0 unspecified atom stereocenters. The van der Waals surface area contributed by atoms with Gasteiger partial charge in [0.1, 0.15) is 10.0 Å². The van der Waals surface area contributed by atoms with Crippen LogP contribution in [0, 0.1) is 12.8 Å². The molecule has 1 aliphatic carbocycles. The number of aryl methyl sites for hydroxylation is 2. The van der Waals surface area contributed by atoms with E-state index in [1.54, 1.807) is 28.0 Å². The van der Waals surface area contributed by atoms with Crippen LogP contribution in [-0.4, -0.2) is 48.2 Å². The molecule has 2 rings (SSSR count). The van der Waals surface area contributed by atoms with Gasteiger partial charge in [-0.3, -0.25) is 9.48 Å². The zero-order valence-corrected chi connectivity index (χ0v) is 16.0. The normalized spacial score (nSPS) is 21.7. The lowest BCUT2D eigenvalue weighted by Gasteiger charge is -2.30. The summed E-state index contributed by atoms with van der Waals surface area (Å²) in [6.07, 6.45) is 2.93. The Kier molecular flexibility index (Phi) is 5.93. The number of sulfonamides is 1. The van der Waals surface area contributed by atoms with Gasteiger partial charge in [0.25, 0.3) is 10.0 Å². The van der Waals surface area contributed by atoms with Crippen LogP contribution in [0.1, 0.15) is 38.3 Å². The number of hydrogen-bond acceptors (Lipinski definition) is 5. The van der Waals surface area contributed by atoms with Gasteiger partial charge < -0.3 is 4.74 Å². The monoisotopic (exact) mass is 377 g/mol. The van der Waals surface area contributed by atoms with Crippen LogP contribution in [0.25, 0.3) is 0 Å². The third kappa shape index (κ3) is 3.45. The summed E-state index contributed by atoms with van der Waals surface area (Å²) in [7, 11) is -0.799. The molecule has 1 fully saturated rings. The standard InChI is InChI=1S/C15H24ClN3O4S/c1-5-19(15(20)11-6-8-12(23-4)9-7-11)24(21,22)13-10(2)17-18(3)14(13)16/h11-12H,5-9H2,1-4H3. The number of rotatable bonds is 5. The number of halogens is 1. The Morgan fingerprint density at radius 2 is 1.96 bits per heavy atom. The van der Waals surface area contributed by atoms with Crippen LogP contribution in [0.4, 0.5) is 0 Å². The second-order valence-corrected chi connectivity index (χ2v) is 8.20. The minimum absolute atomic E-state index is 0.0156. The van der Waals surface area contributed by atoms with E-state index in [-0.39, 0.29) is 40.2 Å². The molecule has 1 aromatic heterocycles. The lowest BCUT2D eigenvalue weighted by atomic mass is 9.87. The maximum absolute atomic E-state index is 13.0. The topological polar surface area (TPSA) is 81.5 Å². The van der Waals surface area contributed by atoms with Crippen molar-refractivity contribution in [3.05, 3.63) is 10.8 Å². The minimum Gasteiger partial charge on any atom is -0.381 e.